The summed E-state index contributed by atoms with van der Waals surface area (Å²) < 4.78 is 7.62. The fourth-order valence-electron chi connectivity index (χ4n) is 2.94. The Morgan fingerprint density at radius 1 is 1.04 bits per heavy atom. The van der Waals surface area contributed by atoms with E-state index in [1.807, 2.05) is 30.3 Å². The van der Waals surface area contributed by atoms with Gasteiger partial charge in [0.05, 0.1) is 30.4 Å². The zero-order valence-corrected chi connectivity index (χ0v) is 13.6. The van der Waals surface area contributed by atoms with E-state index in [0.29, 0.717) is 6.54 Å². The molecule has 24 heavy (non-hydrogen) atoms. The minimum Gasteiger partial charge on any atom is -0.467 e. The monoisotopic (exact) mass is 317 g/mol. The maximum atomic E-state index is 5.40. The molecule has 0 bridgehead atoms. The number of imidazole rings is 1. The smallest absolute Gasteiger partial charge is 0.204 e. The van der Waals surface area contributed by atoms with E-state index >= 15 is 0 Å². The van der Waals surface area contributed by atoms with Crippen LogP contribution in [0.5, 0.6) is 0 Å². The summed E-state index contributed by atoms with van der Waals surface area (Å²) in [7, 11) is 0. The lowest BCUT2D eigenvalue weighted by molar-refractivity contribution is 0.517. The third-order valence-corrected chi connectivity index (χ3v) is 4.08. The van der Waals surface area contributed by atoms with Crippen LogP contribution in [0.3, 0.4) is 0 Å². The van der Waals surface area contributed by atoms with Gasteiger partial charge in [0, 0.05) is 0 Å². The van der Waals surface area contributed by atoms with Crippen LogP contribution >= 0.6 is 0 Å². The maximum absolute atomic E-state index is 5.40. The molecule has 0 aliphatic carbocycles. The van der Waals surface area contributed by atoms with Crippen molar-refractivity contribution in [2.75, 3.05) is 5.32 Å². The summed E-state index contributed by atoms with van der Waals surface area (Å²) >= 11 is 0. The predicted molar refractivity (Wildman–Crippen MR) is 96.0 cm³/mol. The number of fused-ring (bicyclic) bond motifs is 1. The van der Waals surface area contributed by atoms with Crippen LogP contribution in [0.1, 0.15) is 16.9 Å². The van der Waals surface area contributed by atoms with Crippen LogP contribution in [0.15, 0.2) is 71.3 Å². The first kappa shape index (κ1) is 14.6. The molecule has 2 aromatic carbocycles. The van der Waals surface area contributed by atoms with Gasteiger partial charge in [-0.1, -0.05) is 42.0 Å². The van der Waals surface area contributed by atoms with Crippen molar-refractivity contribution in [2.24, 2.45) is 0 Å². The summed E-state index contributed by atoms with van der Waals surface area (Å²) in [5.41, 5.74) is 4.65. The number of nitrogens with one attached hydrogen (secondary N) is 1. The molecule has 0 aliphatic heterocycles. The van der Waals surface area contributed by atoms with Gasteiger partial charge < -0.3 is 14.3 Å². The second kappa shape index (κ2) is 6.24. The highest BCUT2D eigenvalue weighted by Crippen LogP contribution is 2.22. The molecule has 0 amide bonds. The fraction of sp³-hybridized carbons (Fsp3) is 0.150. The van der Waals surface area contributed by atoms with E-state index in [-0.39, 0.29) is 0 Å². The SMILES string of the molecule is Cc1cccc(Cn2c(NCc3ccco3)nc3ccccc32)c1. The average Bonchev–Trinajstić information content (AvgIpc) is 3.21. The molecule has 0 fully saturated rings. The third kappa shape index (κ3) is 2.91. The Kier molecular flexibility index (Phi) is 3.79. The Bertz CT molecular complexity index is 954. The Morgan fingerprint density at radius 3 is 2.79 bits per heavy atom. The topological polar surface area (TPSA) is 43.0 Å². The van der Waals surface area contributed by atoms with Gasteiger partial charge in [-0.15, -0.1) is 0 Å². The number of rotatable bonds is 5. The van der Waals surface area contributed by atoms with Gasteiger partial charge in [-0.05, 0) is 36.8 Å². The summed E-state index contributed by atoms with van der Waals surface area (Å²) in [4.78, 5) is 4.74. The first-order valence-electron chi connectivity index (χ1n) is 8.07. The number of aromatic nitrogens is 2. The number of furan rings is 1. The second-order valence-corrected chi connectivity index (χ2v) is 5.93. The fourth-order valence-corrected chi connectivity index (χ4v) is 2.94. The number of benzene rings is 2. The van der Waals surface area contributed by atoms with E-state index in [1.54, 1.807) is 6.26 Å². The van der Waals surface area contributed by atoms with Crippen LogP contribution in [0.4, 0.5) is 5.95 Å². The number of aryl methyl sites for hydroxylation is 1. The van der Waals surface area contributed by atoms with Gasteiger partial charge in [0.1, 0.15) is 5.76 Å². The van der Waals surface area contributed by atoms with Gasteiger partial charge in [-0.25, -0.2) is 4.98 Å². The van der Waals surface area contributed by atoms with Crippen molar-refractivity contribution in [3.63, 3.8) is 0 Å². The molecule has 4 heteroatoms. The average molecular weight is 317 g/mol. The Morgan fingerprint density at radius 2 is 1.96 bits per heavy atom. The number of hydrogen-bond acceptors (Lipinski definition) is 3. The molecule has 0 aliphatic rings. The Hall–Kier alpha value is -3.01. The summed E-state index contributed by atoms with van der Waals surface area (Å²) in [6, 6.07) is 20.6. The van der Waals surface area contributed by atoms with Crippen LogP contribution in [-0.4, -0.2) is 9.55 Å². The molecule has 1 N–H and O–H groups in total. The second-order valence-electron chi connectivity index (χ2n) is 5.93. The number of para-hydroxylation sites is 2. The number of hydrogen-bond donors (Lipinski definition) is 1. The Balaban J connectivity index is 1.69. The van der Waals surface area contributed by atoms with Gasteiger partial charge >= 0.3 is 0 Å². The minimum atomic E-state index is 0.615. The Labute approximate surface area is 140 Å². The van der Waals surface area contributed by atoms with Crippen LogP contribution in [0.2, 0.25) is 0 Å². The molecule has 2 aromatic heterocycles. The van der Waals surface area contributed by atoms with Crippen LogP contribution < -0.4 is 5.32 Å². The van der Waals surface area contributed by atoms with Crippen molar-refractivity contribution in [3.05, 3.63) is 83.8 Å². The van der Waals surface area contributed by atoms with E-state index in [9.17, 15) is 0 Å². The highest BCUT2D eigenvalue weighted by atomic mass is 16.3. The molecular weight excluding hydrogens is 298 g/mol. The van der Waals surface area contributed by atoms with E-state index < -0.39 is 0 Å². The van der Waals surface area contributed by atoms with Crippen molar-refractivity contribution in [1.82, 2.24) is 9.55 Å². The van der Waals surface area contributed by atoms with Gasteiger partial charge in [-0.2, -0.15) is 0 Å². The van der Waals surface area contributed by atoms with Crippen LogP contribution in [0.25, 0.3) is 11.0 Å². The van der Waals surface area contributed by atoms with E-state index in [4.69, 9.17) is 9.40 Å². The van der Waals surface area contributed by atoms with Crippen LogP contribution in [0, 0.1) is 6.92 Å². The molecule has 4 nitrogen and oxygen atoms in total. The molecule has 0 atom stereocenters. The molecular formula is C20H19N3O. The first-order valence-corrected chi connectivity index (χ1v) is 8.07. The lowest BCUT2D eigenvalue weighted by Gasteiger charge is -2.11. The highest BCUT2D eigenvalue weighted by Gasteiger charge is 2.11. The molecule has 120 valence electrons. The molecule has 0 radical (unpaired) electrons. The standard InChI is InChI=1S/C20H19N3O/c1-15-6-4-7-16(12-15)14-23-19-10-3-2-9-18(19)22-20(23)21-13-17-8-5-11-24-17/h2-12H,13-14H2,1H3,(H,21,22). The molecule has 2 heterocycles. The summed E-state index contributed by atoms with van der Waals surface area (Å²) in [6.07, 6.45) is 1.69. The lowest BCUT2D eigenvalue weighted by atomic mass is 10.1. The van der Waals surface area contributed by atoms with Crippen molar-refractivity contribution < 1.29 is 4.42 Å². The first-order chi connectivity index (χ1) is 11.8. The van der Waals surface area contributed by atoms with Gasteiger partial charge in [-0.3, -0.25) is 0 Å². The molecule has 4 rings (SSSR count). The van der Waals surface area contributed by atoms with Crippen molar-refractivity contribution in [2.45, 2.75) is 20.0 Å². The van der Waals surface area contributed by atoms with Gasteiger partial charge in [0.15, 0.2) is 0 Å². The summed E-state index contributed by atoms with van der Waals surface area (Å²) in [5.74, 6) is 1.75. The zero-order valence-electron chi connectivity index (χ0n) is 13.6. The van der Waals surface area contributed by atoms with Gasteiger partial charge in [0.25, 0.3) is 0 Å². The van der Waals surface area contributed by atoms with E-state index in [0.717, 1.165) is 29.3 Å². The van der Waals surface area contributed by atoms with Gasteiger partial charge in [0.2, 0.25) is 5.95 Å². The minimum absolute atomic E-state index is 0.615. The molecule has 0 unspecified atom stereocenters. The molecule has 0 saturated heterocycles. The van der Waals surface area contributed by atoms with Crippen molar-refractivity contribution in [1.29, 1.82) is 0 Å². The third-order valence-electron chi connectivity index (χ3n) is 4.08. The van der Waals surface area contributed by atoms with Crippen molar-refractivity contribution >= 4 is 17.0 Å². The van der Waals surface area contributed by atoms with Crippen molar-refractivity contribution in [3.8, 4) is 0 Å². The van der Waals surface area contributed by atoms with Crippen LogP contribution in [-0.2, 0) is 13.1 Å². The summed E-state index contributed by atoms with van der Waals surface area (Å²) in [5, 5.41) is 3.40. The lowest BCUT2D eigenvalue weighted by Crippen LogP contribution is -2.08. The summed E-state index contributed by atoms with van der Waals surface area (Å²) in [6.45, 7) is 3.51. The molecule has 0 spiro atoms. The number of anilines is 1. The van der Waals surface area contributed by atoms with E-state index in [1.165, 1.54) is 11.1 Å². The molecule has 0 saturated carbocycles. The normalized spacial score (nSPS) is 11.0. The predicted octanol–water partition coefficient (Wildman–Crippen LogP) is 4.60. The molecule has 4 aromatic rings. The number of nitrogens with zero attached hydrogens (tertiary/aromatic N) is 2. The van der Waals surface area contributed by atoms with E-state index in [2.05, 4.69) is 47.1 Å². The highest BCUT2D eigenvalue weighted by molar-refractivity contribution is 5.78. The quantitative estimate of drug-likeness (QED) is 0.585. The largest absolute Gasteiger partial charge is 0.467 e. The maximum Gasteiger partial charge on any atom is 0.204 e. The zero-order chi connectivity index (χ0) is 16.4.